The van der Waals surface area contributed by atoms with Crippen molar-refractivity contribution in [3.8, 4) is 0 Å². The van der Waals surface area contributed by atoms with E-state index >= 15 is 0 Å². The van der Waals surface area contributed by atoms with Crippen LogP contribution in [0.3, 0.4) is 0 Å². The zero-order valence-electron chi connectivity index (χ0n) is 11.1. The Morgan fingerprint density at radius 2 is 1.75 bits per heavy atom. The predicted octanol–water partition coefficient (Wildman–Crippen LogP) is 2.56. The van der Waals surface area contributed by atoms with Crippen LogP contribution >= 0.6 is 0 Å². The van der Waals surface area contributed by atoms with Gasteiger partial charge in [0.25, 0.3) is 11.8 Å². The Kier molecular flexibility index (Phi) is 3.53. The Balaban J connectivity index is 2.49. The average molecular weight is 272 g/mol. The minimum Gasteiger partial charge on any atom is -0.504 e. The summed E-state index contributed by atoms with van der Waals surface area (Å²) in [6, 6.07) is 5.64. The van der Waals surface area contributed by atoms with Gasteiger partial charge in [0.1, 0.15) is 6.04 Å². The second-order valence-electron chi connectivity index (χ2n) is 4.88. The lowest BCUT2D eigenvalue weighted by atomic mass is 10.0. The van der Waals surface area contributed by atoms with Crippen LogP contribution in [0.25, 0.3) is 4.98 Å². The molecule has 1 heterocycles. The molecule has 0 bridgehead atoms. The molecule has 102 valence electrons. The highest BCUT2D eigenvalue weighted by atomic mass is 16.3. The first-order chi connectivity index (χ1) is 9.49. The van der Waals surface area contributed by atoms with E-state index in [1.54, 1.807) is 38.1 Å². The van der Waals surface area contributed by atoms with Crippen molar-refractivity contribution < 1.29 is 14.7 Å². The van der Waals surface area contributed by atoms with Crippen LogP contribution in [-0.4, -0.2) is 27.9 Å². The van der Waals surface area contributed by atoms with Crippen LogP contribution in [0.2, 0.25) is 0 Å². The van der Waals surface area contributed by atoms with Crippen molar-refractivity contribution in [1.29, 1.82) is 5.39 Å². The Bertz CT molecular complexity index is 608. The topological polar surface area (TPSA) is 85.8 Å². The summed E-state index contributed by atoms with van der Waals surface area (Å²) in [7, 11) is 0. The van der Waals surface area contributed by atoms with E-state index in [4.69, 9.17) is 5.39 Å². The second kappa shape index (κ2) is 5.13. The van der Waals surface area contributed by atoms with E-state index in [0.29, 0.717) is 11.1 Å². The number of fused-ring (bicyclic) bond motifs is 1. The lowest BCUT2D eigenvalue weighted by Crippen LogP contribution is -2.44. The predicted molar refractivity (Wildman–Crippen MR) is 71.4 cm³/mol. The molecule has 0 aromatic heterocycles. The highest BCUT2D eigenvalue weighted by Gasteiger charge is 2.43. The van der Waals surface area contributed by atoms with E-state index in [1.807, 2.05) is 0 Å². The summed E-state index contributed by atoms with van der Waals surface area (Å²) in [5, 5.41) is 18.4. The molecule has 2 amide bonds. The van der Waals surface area contributed by atoms with Crippen molar-refractivity contribution in [3.05, 3.63) is 52.3 Å². The molecule has 6 nitrogen and oxygen atoms in total. The first-order valence-corrected chi connectivity index (χ1v) is 6.19. The van der Waals surface area contributed by atoms with Gasteiger partial charge in [0.2, 0.25) is 11.2 Å². The van der Waals surface area contributed by atoms with Crippen LogP contribution in [0.1, 0.15) is 34.6 Å². The number of nitrogens with zero attached hydrogens (tertiary/aromatic N) is 3. The number of carbonyl (C=O) groups is 2. The molecule has 1 N–H and O–H groups in total. The number of amides is 2. The molecule has 2 rings (SSSR count). The van der Waals surface area contributed by atoms with Gasteiger partial charge in [0.05, 0.1) is 11.1 Å². The van der Waals surface area contributed by atoms with Crippen LogP contribution in [0.15, 0.2) is 36.2 Å². The number of carbonyl (C=O) groups excluding carboxylic acids is 2. The third-order valence-electron chi connectivity index (χ3n) is 3.23. The molecule has 0 spiro atoms. The number of hydrogen-bond donors (Lipinski definition) is 1. The number of diazo groups is 1. The Hall–Kier alpha value is -2.68. The van der Waals surface area contributed by atoms with Gasteiger partial charge in [-0.1, -0.05) is 26.0 Å². The first kappa shape index (κ1) is 13.7. The normalized spacial score (nSPS) is 16.3. The van der Waals surface area contributed by atoms with Gasteiger partial charge in [0.15, 0.2) is 4.98 Å². The van der Waals surface area contributed by atoms with Crippen molar-refractivity contribution in [3.63, 3.8) is 0 Å². The molecule has 1 aromatic carbocycles. The molecule has 20 heavy (non-hydrogen) atoms. The fourth-order valence-electron chi connectivity index (χ4n) is 2.37. The highest BCUT2D eigenvalue weighted by molar-refractivity contribution is 6.21. The molecule has 1 aromatic rings. The van der Waals surface area contributed by atoms with E-state index < -0.39 is 17.9 Å². The van der Waals surface area contributed by atoms with Crippen molar-refractivity contribution in [2.45, 2.75) is 19.9 Å². The number of aliphatic hydroxyl groups excluding tert-OH is 1. The molecule has 0 saturated heterocycles. The molecule has 0 aliphatic carbocycles. The maximum absolute atomic E-state index is 12.3. The molecular formula is C14H14N3O3+. The molecule has 1 unspecified atom stereocenters. The summed E-state index contributed by atoms with van der Waals surface area (Å²) in [5.74, 6) is -1.48. The number of rotatable bonds is 3. The molecule has 0 radical (unpaired) electrons. The first-order valence-electron chi connectivity index (χ1n) is 6.19. The minimum absolute atomic E-state index is 0.227. The number of benzene rings is 1. The van der Waals surface area contributed by atoms with Gasteiger partial charge >= 0.3 is 6.20 Å². The third kappa shape index (κ3) is 2.03. The van der Waals surface area contributed by atoms with Gasteiger partial charge in [-0.2, -0.15) is 0 Å². The summed E-state index contributed by atoms with van der Waals surface area (Å²) in [6.45, 7) is 3.52. The van der Waals surface area contributed by atoms with Gasteiger partial charge in [0, 0.05) is 0 Å². The van der Waals surface area contributed by atoms with Gasteiger partial charge in [-0.15, -0.1) is 0 Å². The smallest absolute Gasteiger partial charge is 0.389 e. The number of aliphatic hydroxyl groups is 1. The minimum atomic E-state index is -0.863. The SMILES string of the molecule is CC(C)C(/C(O)=C/[N+]#N)N1C(=O)c2ccccc2C1=O. The zero-order chi connectivity index (χ0) is 14.9. The van der Waals surface area contributed by atoms with Crippen molar-refractivity contribution in [2.24, 2.45) is 5.92 Å². The fraction of sp³-hybridized carbons (Fsp3) is 0.286. The molecule has 1 aliphatic rings. The number of hydrogen-bond acceptors (Lipinski definition) is 4. The van der Waals surface area contributed by atoms with E-state index in [0.717, 1.165) is 11.1 Å². The third-order valence-corrected chi connectivity index (χ3v) is 3.23. The summed E-state index contributed by atoms with van der Waals surface area (Å²) in [5.41, 5.74) is 0.633. The summed E-state index contributed by atoms with van der Waals surface area (Å²) >= 11 is 0. The quantitative estimate of drug-likeness (QED) is 0.520. The lowest BCUT2D eigenvalue weighted by Gasteiger charge is -2.27. The summed E-state index contributed by atoms with van der Waals surface area (Å²) in [6.07, 6.45) is 0.828. The summed E-state index contributed by atoms with van der Waals surface area (Å²) in [4.78, 5) is 28.4. The van der Waals surface area contributed by atoms with Crippen LogP contribution in [0.4, 0.5) is 0 Å². The van der Waals surface area contributed by atoms with E-state index in [9.17, 15) is 14.7 Å². The fourth-order valence-corrected chi connectivity index (χ4v) is 2.37. The highest BCUT2D eigenvalue weighted by Crippen LogP contribution is 2.29. The maximum atomic E-state index is 12.3. The Morgan fingerprint density at radius 3 is 2.15 bits per heavy atom. The molecule has 0 saturated carbocycles. The molecule has 0 fully saturated rings. The van der Waals surface area contributed by atoms with Crippen LogP contribution < -0.4 is 0 Å². The Morgan fingerprint density at radius 1 is 1.25 bits per heavy atom. The molecule has 1 atom stereocenters. The van der Waals surface area contributed by atoms with Gasteiger partial charge in [-0.05, 0) is 18.1 Å². The average Bonchev–Trinajstić information content (AvgIpc) is 2.65. The van der Waals surface area contributed by atoms with Crippen molar-refractivity contribution in [1.82, 2.24) is 4.90 Å². The van der Waals surface area contributed by atoms with Crippen LogP contribution in [0.5, 0.6) is 0 Å². The van der Waals surface area contributed by atoms with Gasteiger partial charge < -0.3 is 5.11 Å². The largest absolute Gasteiger partial charge is 0.504 e. The van der Waals surface area contributed by atoms with E-state index in [-0.39, 0.29) is 11.7 Å². The number of imide groups is 1. The van der Waals surface area contributed by atoms with Crippen LogP contribution in [-0.2, 0) is 0 Å². The Labute approximate surface area is 115 Å². The lowest BCUT2D eigenvalue weighted by molar-refractivity contribution is 0.0531. The standard InChI is InChI=1S/C14H13N3O3/c1-8(2)12(11(18)7-16-15)17-13(19)9-5-3-4-6-10(9)14(17)20/h3-8,12H,1-2H3/p+1/b11-7-. The van der Waals surface area contributed by atoms with Crippen LogP contribution in [0, 0.1) is 11.3 Å². The monoisotopic (exact) mass is 272 g/mol. The maximum Gasteiger partial charge on any atom is 0.389 e. The van der Waals surface area contributed by atoms with E-state index in [2.05, 4.69) is 4.98 Å². The molecule has 6 heteroatoms. The molecular weight excluding hydrogens is 258 g/mol. The summed E-state index contributed by atoms with van der Waals surface area (Å²) < 4.78 is 0. The van der Waals surface area contributed by atoms with Gasteiger partial charge in [-0.3, -0.25) is 14.5 Å². The second-order valence-corrected chi connectivity index (χ2v) is 4.88. The van der Waals surface area contributed by atoms with Gasteiger partial charge in [-0.25, -0.2) is 0 Å². The zero-order valence-corrected chi connectivity index (χ0v) is 11.1. The van der Waals surface area contributed by atoms with Crippen molar-refractivity contribution >= 4 is 11.8 Å². The van der Waals surface area contributed by atoms with Crippen molar-refractivity contribution in [2.75, 3.05) is 0 Å². The van der Waals surface area contributed by atoms with E-state index in [1.165, 1.54) is 0 Å². The molecule has 1 aliphatic heterocycles.